The highest BCUT2D eigenvalue weighted by atomic mass is 16.5. The maximum absolute atomic E-state index is 11.7. The van der Waals surface area contributed by atoms with Crippen LogP contribution in [0.15, 0.2) is 18.2 Å². The minimum Gasteiger partial charge on any atom is -0.496 e. The third-order valence-corrected chi connectivity index (χ3v) is 3.48. The summed E-state index contributed by atoms with van der Waals surface area (Å²) in [4.78, 5) is 11.7. The van der Waals surface area contributed by atoms with Gasteiger partial charge in [0.15, 0.2) is 0 Å². The van der Waals surface area contributed by atoms with Crippen LogP contribution in [0.5, 0.6) is 5.75 Å². The van der Waals surface area contributed by atoms with Gasteiger partial charge in [0.1, 0.15) is 5.75 Å². The highest BCUT2D eigenvalue weighted by Gasteiger charge is 2.20. The van der Waals surface area contributed by atoms with Gasteiger partial charge in [0.05, 0.1) is 7.11 Å². The lowest BCUT2D eigenvalue weighted by atomic mass is 9.83. The molecule has 0 radical (unpaired) electrons. The molecule has 1 aromatic rings. The van der Waals surface area contributed by atoms with Crippen LogP contribution in [0.2, 0.25) is 0 Å². The summed E-state index contributed by atoms with van der Waals surface area (Å²) in [5, 5.41) is 2.93. The third kappa shape index (κ3) is 3.15. The van der Waals surface area contributed by atoms with Crippen LogP contribution >= 0.6 is 0 Å². The van der Waals surface area contributed by atoms with Gasteiger partial charge in [-0.05, 0) is 37.0 Å². The Labute approximate surface area is 108 Å². The molecule has 4 heteroatoms. The monoisotopic (exact) mass is 248 g/mol. The molecule has 1 aromatic carbocycles. The highest BCUT2D eigenvalue weighted by molar-refractivity contribution is 5.76. The number of carbonyl (C=O) groups is 1. The molecular weight excluding hydrogens is 228 g/mol. The Hall–Kier alpha value is -1.71. The van der Waals surface area contributed by atoms with Crippen LogP contribution in [-0.4, -0.2) is 13.0 Å². The first-order valence-corrected chi connectivity index (χ1v) is 6.38. The fourth-order valence-corrected chi connectivity index (χ4v) is 2.16. The van der Waals surface area contributed by atoms with Gasteiger partial charge < -0.3 is 15.8 Å². The lowest BCUT2D eigenvalue weighted by Crippen LogP contribution is -2.27. The van der Waals surface area contributed by atoms with Crippen molar-refractivity contribution >= 4 is 11.6 Å². The second-order valence-electron chi connectivity index (χ2n) is 4.85. The fraction of sp³-hybridized carbons (Fsp3) is 0.500. The maximum atomic E-state index is 11.7. The number of methoxy groups -OCH3 is 1. The zero-order chi connectivity index (χ0) is 13.0. The van der Waals surface area contributed by atoms with Gasteiger partial charge in [-0.25, -0.2) is 0 Å². The second-order valence-corrected chi connectivity index (χ2v) is 4.85. The number of rotatable bonds is 5. The maximum Gasteiger partial charge on any atom is 0.220 e. The Kier molecular flexibility index (Phi) is 4.07. The van der Waals surface area contributed by atoms with Crippen molar-refractivity contribution in [1.82, 2.24) is 5.32 Å². The van der Waals surface area contributed by atoms with Crippen molar-refractivity contribution in [1.29, 1.82) is 0 Å². The summed E-state index contributed by atoms with van der Waals surface area (Å²) in [6.45, 7) is 0.472. The smallest absolute Gasteiger partial charge is 0.220 e. The molecule has 1 saturated carbocycles. The van der Waals surface area contributed by atoms with E-state index in [0.717, 1.165) is 11.3 Å². The standard InChI is InChI=1S/C14H20N2O2/c1-18-13-6-5-12(15)8-11(13)9-16-14(17)7-10-3-2-4-10/h5-6,8,10H,2-4,7,9,15H2,1H3,(H,16,17). The lowest BCUT2D eigenvalue weighted by Gasteiger charge is -2.24. The zero-order valence-corrected chi connectivity index (χ0v) is 10.7. The molecule has 1 aliphatic rings. The van der Waals surface area contributed by atoms with Crippen molar-refractivity contribution in [2.24, 2.45) is 5.92 Å². The number of nitrogen functional groups attached to an aromatic ring is 1. The van der Waals surface area contributed by atoms with Crippen molar-refractivity contribution in [3.05, 3.63) is 23.8 Å². The van der Waals surface area contributed by atoms with Crippen molar-refractivity contribution < 1.29 is 9.53 Å². The Morgan fingerprint density at radius 2 is 2.28 bits per heavy atom. The van der Waals surface area contributed by atoms with Crippen LogP contribution in [0.4, 0.5) is 5.69 Å². The third-order valence-electron chi connectivity index (χ3n) is 3.48. The van der Waals surface area contributed by atoms with E-state index in [2.05, 4.69) is 5.32 Å². The van der Waals surface area contributed by atoms with Gasteiger partial charge >= 0.3 is 0 Å². The molecule has 0 saturated heterocycles. The van der Waals surface area contributed by atoms with Crippen molar-refractivity contribution in [2.45, 2.75) is 32.2 Å². The van der Waals surface area contributed by atoms with Gasteiger partial charge in [-0.1, -0.05) is 6.42 Å². The normalized spacial score (nSPS) is 14.9. The van der Waals surface area contributed by atoms with Crippen LogP contribution in [0.1, 0.15) is 31.2 Å². The van der Waals surface area contributed by atoms with Crippen LogP contribution < -0.4 is 15.8 Å². The van der Waals surface area contributed by atoms with Crippen LogP contribution in [-0.2, 0) is 11.3 Å². The number of amides is 1. The highest BCUT2D eigenvalue weighted by Crippen LogP contribution is 2.29. The van der Waals surface area contributed by atoms with Gasteiger partial charge in [0, 0.05) is 24.2 Å². The molecule has 4 nitrogen and oxygen atoms in total. The molecule has 0 unspecified atom stereocenters. The number of hydrogen-bond donors (Lipinski definition) is 2. The molecular formula is C14H20N2O2. The summed E-state index contributed by atoms with van der Waals surface area (Å²) < 4.78 is 5.24. The number of carbonyl (C=O) groups excluding carboxylic acids is 1. The van der Waals surface area contributed by atoms with E-state index < -0.39 is 0 Å². The molecule has 3 N–H and O–H groups in total. The number of anilines is 1. The fourth-order valence-electron chi connectivity index (χ4n) is 2.16. The Balaban J connectivity index is 1.88. The molecule has 2 rings (SSSR count). The number of nitrogens with two attached hydrogens (primary N) is 1. The average Bonchev–Trinajstić information content (AvgIpc) is 2.31. The molecule has 0 heterocycles. The summed E-state index contributed by atoms with van der Waals surface area (Å²) in [7, 11) is 1.62. The number of benzene rings is 1. The SMILES string of the molecule is COc1ccc(N)cc1CNC(=O)CC1CCC1. The largest absolute Gasteiger partial charge is 0.496 e. The predicted molar refractivity (Wildman–Crippen MR) is 71.2 cm³/mol. The Morgan fingerprint density at radius 1 is 1.50 bits per heavy atom. The van der Waals surface area contributed by atoms with E-state index in [1.807, 2.05) is 12.1 Å². The molecule has 1 fully saturated rings. The van der Waals surface area contributed by atoms with Crippen molar-refractivity contribution in [3.63, 3.8) is 0 Å². The second kappa shape index (κ2) is 5.76. The van der Waals surface area contributed by atoms with Gasteiger partial charge in [-0.3, -0.25) is 4.79 Å². The minimum absolute atomic E-state index is 0.115. The summed E-state index contributed by atoms with van der Waals surface area (Å²) in [5.41, 5.74) is 7.33. The molecule has 0 aliphatic heterocycles. The van der Waals surface area contributed by atoms with Gasteiger partial charge in [0.2, 0.25) is 5.91 Å². The lowest BCUT2D eigenvalue weighted by molar-refractivity contribution is -0.122. The molecule has 0 atom stereocenters. The van der Waals surface area contributed by atoms with Gasteiger partial charge in [-0.2, -0.15) is 0 Å². The summed E-state index contributed by atoms with van der Waals surface area (Å²) >= 11 is 0. The van der Waals surface area contributed by atoms with E-state index in [1.165, 1.54) is 19.3 Å². The van der Waals surface area contributed by atoms with E-state index in [-0.39, 0.29) is 5.91 Å². The Bertz CT molecular complexity index is 428. The number of ether oxygens (including phenoxy) is 1. The van der Waals surface area contributed by atoms with E-state index in [1.54, 1.807) is 13.2 Å². The first-order chi connectivity index (χ1) is 8.69. The number of hydrogen-bond acceptors (Lipinski definition) is 3. The molecule has 0 bridgehead atoms. The first kappa shape index (κ1) is 12.7. The number of nitrogens with one attached hydrogen (secondary N) is 1. The van der Waals surface area contributed by atoms with Crippen molar-refractivity contribution in [3.8, 4) is 5.75 Å². The summed E-state index contributed by atoms with van der Waals surface area (Å²) in [5.74, 6) is 1.46. The van der Waals surface area contributed by atoms with E-state index in [9.17, 15) is 4.79 Å². The average molecular weight is 248 g/mol. The molecule has 18 heavy (non-hydrogen) atoms. The molecule has 0 aromatic heterocycles. The molecule has 0 spiro atoms. The predicted octanol–water partition coefficient (Wildman–Crippen LogP) is 2.08. The van der Waals surface area contributed by atoms with E-state index in [4.69, 9.17) is 10.5 Å². The summed E-state index contributed by atoms with van der Waals surface area (Å²) in [6.07, 6.45) is 4.29. The van der Waals surface area contributed by atoms with E-state index in [0.29, 0.717) is 24.6 Å². The zero-order valence-electron chi connectivity index (χ0n) is 10.7. The summed E-state index contributed by atoms with van der Waals surface area (Å²) in [6, 6.07) is 5.45. The topological polar surface area (TPSA) is 64.3 Å². The van der Waals surface area contributed by atoms with Gasteiger partial charge in [-0.15, -0.1) is 0 Å². The first-order valence-electron chi connectivity index (χ1n) is 6.38. The molecule has 1 amide bonds. The van der Waals surface area contributed by atoms with Crippen LogP contribution in [0.25, 0.3) is 0 Å². The van der Waals surface area contributed by atoms with Crippen molar-refractivity contribution in [2.75, 3.05) is 12.8 Å². The van der Waals surface area contributed by atoms with E-state index >= 15 is 0 Å². The Morgan fingerprint density at radius 3 is 2.89 bits per heavy atom. The molecule has 98 valence electrons. The molecule has 1 aliphatic carbocycles. The van der Waals surface area contributed by atoms with Crippen LogP contribution in [0, 0.1) is 5.92 Å². The van der Waals surface area contributed by atoms with Crippen LogP contribution in [0.3, 0.4) is 0 Å². The quantitative estimate of drug-likeness (QED) is 0.784. The van der Waals surface area contributed by atoms with Gasteiger partial charge in [0.25, 0.3) is 0 Å². The minimum atomic E-state index is 0.115.